The quantitative estimate of drug-likeness (QED) is 0.563. The molecule has 0 bridgehead atoms. The monoisotopic (exact) mass is 443 g/mol. The zero-order valence-corrected chi connectivity index (χ0v) is 18.8. The molecule has 9 heteroatoms. The first-order chi connectivity index (χ1) is 14.9. The fourth-order valence-corrected chi connectivity index (χ4v) is 3.65. The minimum Gasteiger partial charge on any atom is -0.497 e. The van der Waals surface area contributed by atoms with E-state index in [1.807, 2.05) is 12.1 Å². The first-order valence-corrected chi connectivity index (χ1v) is 9.86. The minimum absolute atomic E-state index is 0.314. The van der Waals surface area contributed by atoms with Gasteiger partial charge >= 0.3 is 0 Å². The van der Waals surface area contributed by atoms with Gasteiger partial charge in [-0.2, -0.15) is 0 Å². The second-order valence-electron chi connectivity index (χ2n) is 6.70. The summed E-state index contributed by atoms with van der Waals surface area (Å²) in [6.45, 7) is 1.80. The molecular weight excluding hydrogens is 418 g/mol. The van der Waals surface area contributed by atoms with Crippen LogP contribution in [0.5, 0.6) is 23.0 Å². The van der Waals surface area contributed by atoms with Crippen LogP contribution in [0.3, 0.4) is 0 Å². The molecule has 3 rings (SSSR count). The normalized spacial score (nSPS) is 15.5. The maximum atomic E-state index is 13.4. The second kappa shape index (κ2) is 9.57. The van der Waals surface area contributed by atoms with E-state index in [-0.39, 0.29) is 5.91 Å². The standard InChI is InChI=1S/C22H25N3O5S/c1-12-19(21(26)24-15-11-14(27-2)7-9-16(15)28-3)20(25-22(31)23-12)13-6-8-17(29-4)18(10-13)30-5/h6-11,20H,1-5H3,(H,24,26)(H2,23,25,31). The Balaban J connectivity index is 2.00. The van der Waals surface area contributed by atoms with Gasteiger partial charge < -0.3 is 34.9 Å². The summed E-state index contributed by atoms with van der Waals surface area (Å²) in [5, 5.41) is 9.54. The Labute approximate surface area is 186 Å². The largest absolute Gasteiger partial charge is 0.497 e. The van der Waals surface area contributed by atoms with Crippen LogP contribution in [0.2, 0.25) is 0 Å². The number of methoxy groups -OCH3 is 4. The molecule has 0 saturated heterocycles. The number of allylic oxidation sites excluding steroid dienone is 1. The van der Waals surface area contributed by atoms with E-state index < -0.39 is 6.04 Å². The lowest BCUT2D eigenvalue weighted by atomic mass is 9.94. The number of hydrogen-bond acceptors (Lipinski definition) is 6. The summed E-state index contributed by atoms with van der Waals surface area (Å²) in [6.07, 6.45) is 0. The number of nitrogens with one attached hydrogen (secondary N) is 3. The molecule has 0 aliphatic carbocycles. The van der Waals surface area contributed by atoms with Gasteiger partial charge in [0.15, 0.2) is 16.6 Å². The van der Waals surface area contributed by atoms with Crippen molar-refractivity contribution >= 4 is 28.9 Å². The SMILES string of the molecule is COc1ccc(OC)c(NC(=O)C2=C(C)NC(=S)NC2c2ccc(OC)c(OC)c2)c1. The van der Waals surface area contributed by atoms with E-state index in [0.29, 0.717) is 45.1 Å². The fraction of sp³-hybridized carbons (Fsp3) is 0.273. The number of amides is 1. The summed E-state index contributed by atoms with van der Waals surface area (Å²) in [7, 11) is 6.23. The first-order valence-electron chi connectivity index (χ1n) is 9.45. The molecule has 8 nitrogen and oxygen atoms in total. The molecule has 31 heavy (non-hydrogen) atoms. The van der Waals surface area contributed by atoms with Crippen LogP contribution in [0.25, 0.3) is 0 Å². The second-order valence-corrected chi connectivity index (χ2v) is 7.11. The number of rotatable bonds is 7. The van der Waals surface area contributed by atoms with Crippen molar-refractivity contribution < 1.29 is 23.7 Å². The predicted molar refractivity (Wildman–Crippen MR) is 122 cm³/mol. The van der Waals surface area contributed by atoms with E-state index in [4.69, 9.17) is 31.2 Å². The summed E-state index contributed by atoms with van der Waals surface area (Å²) >= 11 is 5.33. The van der Waals surface area contributed by atoms with Crippen molar-refractivity contribution in [3.63, 3.8) is 0 Å². The number of anilines is 1. The van der Waals surface area contributed by atoms with Crippen LogP contribution in [-0.2, 0) is 4.79 Å². The van der Waals surface area contributed by atoms with Crippen molar-refractivity contribution in [1.82, 2.24) is 10.6 Å². The Morgan fingerprint density at radius 3 is 2.26 bits per heavy atom. The topological polar surface area (TPSA) is 90.1 Å². The van der Waals surface area contributed by atoms with Gasteiger partial charge in [-0.3, -0.25) is 4.79 Å². The van der Waals surface area contributed by atoms with Gasteiger partial charge in [0.05, 0.1) is 45.7 Å². The highest BCUT2D eigenvalue weighted by Gasteiger charge is 2.31. The lowest BCUT2D eigenvalue weighted by molar-refractivity contribution is -0.113. The molecule has 3 N–H and O–H groups in total. The molecule has 0 fully saturated rings. The molecule has 1 heterocycles. The molecule has 1 amide bonds. The molecule has 0 radical (unpaired) electrons. The highest BCUT2D eigenvalue weighted by atomic mass is 32.1. The predicted octanol–water partition coefficient (Wildman–Crippen LogP) is 3.15. The highest BCUT2D eigenvalue weighted by Crippen LogP contribution is 2.35. The van der Waals surface area contributed by atoms with E-state index in [2.05, 4.69) is 16.0 Å². The van der Waals surface area contributed by atoms with Gasteiger partial charge in [0, 0.05) is 11.8 Å². The highest BCUT2D eigenvalue weighted by molar-refractivity contribution is 7.80. The van der Waals surface area contributed by atoms with E-state index >= 15 is 0 Å². The third-order valence-electron chi connectivity index (χ3n) is 4.91. The van der Waals surface area contributed by atoms with Crippen molar-refractivity contribution in [2.24, 2.45) is 0 Å². The zero-order valence-electron chi connectivity index (χ0n) is 18.0. The van der Waals surface area contributed by atoms with E-state index in [9.17, 15) is 4.79 Å². The van der Waals surface area contributed by atoms with Gasteiger partial charge in [0.2, 0.25) is 0 Å². The van der Waals surface area contributed by atoms with Crippen molar-refractivity contribution in [1.29, 1.82) is 0 Å². The fourth-order valence-electron chi connectivity index (χ4n) is 3.38. The molecule has 1 atom stereocenters. The van der Waals surface area contributed by atoms with Gasteiger partial charge in [0.1, 0.15) is 11.5 Å². The summed E-state index contributed by atoms with van der Waals surface area (Å²) in [6, 6.07) is 10.2. The molecule has 0 saturated carbocycles. The summed E-state index contributed by atoms with van der Waals surface area (Å²) in [4.78, 5) is 13.4. The minimum atomic E-state index is -0.495. The number of thiocarbonyl (C=S) groups is 1. The Morgan fingerprint density at radius 1 is 0.935 bits per heavy atom. The number of ether oxygens (including phenoxy) is 4. The van der Waals surface area contributed by atoms with Gasteiger partial charge in [-0.25, -0.2) is 0 Å². The molecule has 0 aromatic heterocycles. The first kappa shape index (κ1) is 22.2. The Morgan fingerprint density at radius 2 is 1.61 bits per heavy atom. The third-order valence-corrected chi connectivity index (χ3v) is 5.13. The summed E-state index contributed by atoms with van der Waals surface area (Å²) in [5.74, 6) is 1.95. The maximum Gasteiger partial charge on any atom is 0.255 e. The van der Waals surface area contributed by atoms with Crippen molar-refractivity contribution in [2.45, 2.75) is 13.0 Å². The third kappa shape index (κ3) is 4.66. The molecule has 0 spiro atoms. The number of carbonyl (C=O) groups excluding carboxylic acids is 1. The number of benzene rings is 2. The Bertz CT molecular complexity index is 1040. The molecule has 1 aliphatic heterocycles. The molecule has 1 unspecified atom stereocenters. The molecule has 1 aliphatic rings. The summed E-state index contributed by atoms with van der Waals surface area (Å²) in [5.41, 5.74) is 2.41. The van der Waals surface area contributed by atoms with Crippen LogP contribution in [0, 0.1) is 0 Å². The molecule has 164 valence electrons. The maximum absolute atomic E-state index is 13.4. The zero-order chi connectivity index (χ0) is 22.5. The van der Waals surface area contributed by atoms with E-state index in [1.54, 1.807) is 52.5 Å². The Hall–Kier alpha value is -3.46. The van der Waals surface area contributed by atoms with Crippen LogP contribution in [0.1, 0.15) is 18.5 Å². The lowest BCUT2D eigenvalue weighted by Crippen LogP contribution is -2.45. The van der Waals surface area contributed by atoms with Crippen LogP contribution in [0.4, 0.5) is 5.69 Å². The van der Waals surface area contributed by atoms with Crippen LogP contribution >= 0.6 is 12.2 Å². The van der Waals surface area contributed by atoms with E-state index in [0.717, 1.165) is 5.56 Å². The van der Waals surface area contributed by atoms with Crippen molar-refractivity contribution in [3.05, 3.63) is 53.2 Å². The van der Waals surface area contributed by atoms with Gasteiger partial charge in [-0.15, -0.1) is 0 Å². The average molecular weight is 444 g/mol. The smallest absolute Gasteiger partial charge is 0.255 e. The number of hydrogen-bond donors (Lipinski definition) is 3. The molecular formula is C22H25N3O5S. The average Bonchev–Trinajstić information content (AvgIpc) is 2.77. The molecule has 2 aromatic rings. The Kier molecular flexibility index (Phi) is 6.86. The lowest BCUT2D eigenvalue weighted by Gasteiger charge is -2.30. The van der Waals surface area contributed by atoms with Crippen LogP contribution in [-0.4, -0.2) is 39.5 Å². The van der Waals surface area contributed by atoms with Gasteiger partial charge in [-0.1, -0.05) is 6.07 Å². The van der Waals surface area contributed by atoms with Crippen molar-refractivity contribution in [2.75, 3.05) is 33.8 Å². The van der Waals surface area contributed by atoms with Crippen LogP contribution < -0.4 is 34.9 Å². The van der Waals surface area contributed by atoms with E-state index in [1.165, 1.54) is 7.11 Å². The van der Waals surface area contributed by atoms with Gasteiger partial charge in [-0.05, 0) is 49.0 Å². The van der Waals surface area contributed by atoms with Gasteiger partial charge in [0.25, 0.3) is 5.91 Å². The number of carbonyl (C=O) groups is 1. The summed E-state index contributed by atoms with van der Waals surface area (Å²) < 4.78 is 21.4. The van der Waals surface area contributed by atoms with Crippen molar-refractivity contribution in [3.8, 4) is 23.0 Å². The molecule has 2 aromatic carbocycles. The van der Waals surface area contributed by atoms with Crippen LogP contribution in [0.15, 0.2) is 47.7 Å².